The molecule has 0 saturated heterocycles. The molecule has 0 saturated carbocycles. The number of amides is 1. The minimum absolute atomic E-state index is 0.196. The molecule has 2 N–H and O–H groups in total. The zero-order valence-corrected chi connectivity index (χ0v) is 14.8. The van der Waals surface area contributed by atoms with Gasteiger partial charge in [-0.2, -0.15) is 5.10 Å². The topological polar surface area (TPSA) is 84.1 Å². The summed E-state index contributed by atoms with van der Waals surface area (Å²) in [6.45, 7) is 4.95. The Morgan fingerprint density at radius 3 is 2.50 bits per heavy atom. The van der Waals surface area contributed by atoms with Crippen LogP contribution in [0.2, 0.25) is 0 Å². The molecule has 0 unspecified atom stereocenters. The predicted molar refractivity (Wildman–Crippen MR) is 101 cm³/mol. The van der Waals surface area contributed by atoms with Gasteiger partial charge in [0.15, 0.2) is 5.69 Å². The van der Waals surface area contributed by atoms with E-state index in [9.17, 15) is 9.59 Å². The number of ether oxygens (including phenoxy) is 1. The fraction of sp³-hybridized carbons (Fsp3) is 0.250. The van der Waals surface area contributed by atoms with Gasteiger partial charge in [-0.25, -0.2) is 5.10 Å². The molecule has 6 nitrogen and oxygen atoms in total. The Kier molecular flexibility index (Phi) is 5.31. The van der Waals surface area contributed by atoms with Gasteiger partial charge in [0, 0.05) is 5.39 Å². The number of H-pyrrole nitrogens is 1. The third-order valence-corrected chi connectivity index (χ3v) is 4.11. The maximum Gasteiger partial charge on any atom is 0.272 e. The van der Waals surface area contributed by atoms with Crippen LogP contribution in [-0.2, 0) is 0 Å². The lowest BCUT2D eigenvalue weighted by Gasteiger charge is -2.10. The van der Waals surface area contributed by atoms with Crippen molar-refractivity contribution in [3.8, 4) is 5.75 Å². The van der Waals surface area contributed by atoms with E-state index in [1.165, 1.54) is 5.56 Å². The third-order valence-electron chi connectivity index (χ3n) is 4.11. The van der Waals surface area contributed by atoms with E-state index in [2.05, 4.69) is 29.4 Å². The fourth-order valence-electron chi connectivity index (χ4n) is 2.65. The van der Waals surface area contributed by atoms with Crippen molar-refractivity contribution in [1.29, 1.82) is 0 Å². The number of aromatic amines is 1. The fourth-order valence-corrected chi connectivity index (χ4v) is 2.65. The Bertz CT molecular complexity index is 962. The molecule has 0 radical (unpaired) electrons. The number of carbonyl (C=O) groups is 1. The molecule has 6 heteroatoms. The van der Waals surface area contributed by atoms with Crippen LogP contribution in [0.4, 0.5) is 0 Å². The molecule has 1 aromatic heterocycles. The third kappa shape index (κ3) is 3.91. The van der Waals surface area contributed by atoms with E-state index in [1.54, 1.807) is 24.3 Å². The van der Waals surface area contributed by atoms with Crippen LogP contribution >= 0.6 is 0 Å². The molecule has 3 aromatic rings. The second-order valence-corrected chi connectivity index (χ2v) is 6.28. The van der Waals surface area contributed by atoms with Crippen molar-refractivity contribution in [2.45, 2.75) is 19.8 Å². The summed E-state index contributed by atoms with van der Waals surface area (Å²) in [5.41, 5.74) is 1.13. The van der Waals surface area contributed by atoms with Gasteiger partial charge in [-0.3, -0.25) is 9.59 Å². The van der Waals surface area contributed by atoms with Crippen molar-refractivity contribution in [3.63, 3.8) is 0 Å². The molecule has 0 aliphatic rings. The van der Waals surface area contributed by atoms with Gasteiger partial charge in [0.05, 0.1) is 11.9 Å². The maximum absolute atomic E-state index is 12.3. The van der Waals surface area contributed by atoms with Crippen molar-refractivity contribution in [1.82, 2.24) is 15.5 Å². The first-order valence-electron chi connectivity index (χ1n) is 8.54. The maximum atomic E-state index is 12.3. The van der Waals surface area contributed by atoms with Crippen LogP contribution in [0, 0.1) is 0 Å². The van der Waals surface area contributed by atoms with Gasteiger partial charge in [0.25, 0.3) is 11.5 Å². The van der Waals surface area contributed by atoms with E-state index in [-0.39, 0.29) is 17.2 Å². The number of carbonyl (C=O) groups excluding carboxylic acids is 1. The lowest BCUT2D eigenvalue weighted by atomic mass is 10.0. The number of hydrogen-bond donors (Lipinski definition) is 2. The van der Waals surface area contributed by atoms with Crippen LogP contribution in [0.25, 0.3) is 10.8 Å². The Balaban J connectivity index is 1.58. The van der Waals surface area contributed by atoms with Gasteiger partial charge in [-0.05, 0) is 29.7 Å². The molecule has 0 aliphatic carbocycles. The van der Waals surface area contributed by atoms with Gasteiger partial charge >= 0.3 is 0 Å². The Hall–Kier alpha value is -3.15. The standard InChI is InChI=1S/C20H21N3O3/c1-13(2)14-7-9-15(10-8-14)26-12-11-21-20(25)18-16-5-3-4-6-17(16)19(24)23-22-18/h3-10,13H,11-12H2,1-2H3,(H,21,25)(H,23,24). The lowest BCUT2D eigenvalue weighted by molar-refractivity contribution is 0.0943. The summed E-state index contributed by atoms with van der Waals surface area (Å²) in [5, 5.41) is 9.96. The SMILES string of the molecule is CC(C)c1ccc(OCCNC(=O)c2n[nH]c(=O)c3ccccc23)cc1. The van der Waals surface area contributed by atoms with Crippen LogP contribution in [-0.4, -0.2) is 29.3 Å². The molecule has 0 atom stereocenters. The minimum Gasteiger partial charge on any atom is -0.492 e. The van der Waals surface area contributed by atoms with Crippen LogP contribution in [0.15, 0.2) is 53.3 Å². The number of rotatable bonds is 6. The molecule has 1 amide bonds. The van der Waals surface area contributed by atoms with Crippen molar-refractivity contribution in [2.24, 2.45) is 0 Å². The van der Waals surface area contributed by atoms with Crippen molar-refractivity contribution < 1.29 is 9.53 Å². The number of hydrogen-bond acceptors (Lipinski definition) is 4. The van der Waals surface area contributed by atoms with Crippen molar-refractivity contribution in [3.05, 3.63) is 70.1 Å². The number of nitrogens with one attached hydrogen (secondary N) is 2. The summed E-state index contributed by atoms with van der Waals surface area (Å²) in [6, 6.07) is 14.8. The van der Waals surface area contributed by atoms with E-state index in [0.29, 0.717) is 29.8 Å². The average Bonchev–Trinajstić information content (AvgIpc) is 2.66. The monoisotopic (exact) mass is 351 g/mol. The van der Waals surface area contributed by atoms with Gasteiger partial charge in [0.2, 0.25) is 0 Å². The van der Waals surface area contributed by atoms with Gasteiger partial charge in [-0.15, -0.1) is 0 Å². The smallest absolute Gasteiger partial charge is 0.272 e. The first kappa shape index (κ1) is 17.7. The molecule has 2 aromatic carbocycles. The molecule has 0 fully saturated rings. The largest absolute Gasteiger partial charge is 0.492 e. The molecular weight excluding hydrogens is 330 g/mol. The van der Waals surface area contributed by atoms with Crippen LogP contribution in [0.3, 0.4) is 0 Å². The van der Waals surface area contributed by atoms with E-state index in [4.69, 9.17) is 4.74 Å². The highest BCUT2D eigenvalue weighted by Gasteiger charge is 2.13. The first-order valence-corrected chi connectivity index (χ1v) is 8.54. The lowest BCUT2D eigenvalue weighted by Crippen LogP contribution is -2.30. The second kappa shape index (κ2) is 7.82. The second-order valence-electron chi connectivity index (χ2n) is 6.28. The number of nitrogens with zero attached hydrogens (tertiary/aromatic N) is 1. The summed E-state index contributed by atoms with van der Waals surface area (Å²) in [7, 11) is 0. The summed E-state index contributed by atoms with van der Waals surface area (Å²) in [6.07, 6.45) is 0. The normalized spacial score (nSPS) is 10.9. The van der Waals surface area contributed by atoms with E-state index < -0.39 is 0 Å². The zero-order chi connectivity index (χ0) is 18.5. The van der Waals surface area contributed by atoms with Crippen LogP contribution in [0.1, 0.15) is 35.8 Å². The predicted octanol–water partition coefficient (Wildman–Crippen LogP) is 2.86. The Morgan fingerprint density at radius 2 is 1.81 bits per heavy atom. The van der Waals surface area contributed by atoms with E-state index in [0.717, 1.165) is 5.75 Å². The Morgan fingerprint density at radius 1 is 1.12 bits per heavy atom. The molecule has 1 heterocycles. The van der Waals surface area contributed by atoms with Gasteiger partial charge in [-0.1, -0.05) is 44.2 Å². The summed E-state index contributed by atoms with van der Waals surface area (Å²) < 4.78 is 5.64. The molecule has 0 spiro atoms. The quantitative estimate of drug-likeness (QED) is 0.669. The molecule has 3 rings (SSSR count). The zero-order valence-electron chi connectivity index (χ0n) is 14.8. The number of benzene rings is 2. The Labute approximate surface area is 151 Å². The average molecular weight is 351 g/mol. The highest BCUT2D eigenvalue weighted by molar-refractivity contribution is 6.04. The first-order chi connectivity index (χ1) is 12.6. The highest BCUT2D eigenvalue weighted by atomic mass is 16.5. The van der Waals surface area contributed by atoms with Crippen LogP contribution < -0.4 is 15.6 Å². The van der Waals surface area contributed by atoms with Gasteiger partial charge in [0.1, 0.15) is 12.4 Å². The molecule has 26 heavy (non-hydrogen) atoms. The molecule has 0 bridgehead atoms. The summed E-state index contributed by atoms with van der Waals surface area (Å²) in [5.74, 6) is 0.885. The molecule has 134 valence electrons. The van der Waals surface area contributed by atoms with Crippen LogP contribution in [0.5, 0.6) is 5.75 Å². The summed E-state index contributed by atoms with van der Waals surface area (Å²) in [4.78, 5) is 24.1. The molecular formula is C20H21N3O3. The summed E-state index contributed by atoms with van der Waals surface area (Å²) >= 11 is 0. The highest BCUT2D eigenvalue weighted by Crippen LogP contribution is 2.18. The minimum atomic E-state index is -0.351. The van der Waals surface area contributed by atoms with Crippen molar-refractivity contribution in [2.75, 3.05) is 13.2 Å². The number of aromatic nitrogens is 2. The molecule has 0 aliphatic heterocycles. The van der Waals surface area contributed by atoms with Crippen molar-refractivity contribution >= 4 is 16.7 Å². The van der Waals surface area contributed by atoms with E-state index >= 15 is 0 Å². The number of fused-ring (bicyclic) bond motifs is 1. The van der Waals surface area contributed by atoms with Gasteiger partial charge < -0.3 is 10.1 Å². The van der Waals surface area contributed by atoms with E-state index in [1.807, 2.05) is 24.3 Å².